The van der Waals surface area contributed by atoms with Crippen LogP contribution in [0.15, 0.2) is 18.2 Å². The van der Waals surface area contributed by atoms with Crippen LogP contribution in [-0.4, -0.2) is 30.4 Å². The Morgan fingerprint density at radius 1 is 1.04 bits per heavy atom. The molecule has 0 heterocycles. The molecule has 7 heteroatoms. The Morgan fingerprint density at radius 3 is 2.29 bits per heavy atom. The first-order chi connectivity index (χ1) is 13.1. The van der Waals surface area contributed by atoms with E-state index in [-0.39, 0.29) is 16.4 Å². The maximum absolute atomic E-state index is 12.1. The zero-order chi connectivity index (χ0) is 21.2. The van der Waals surface area contributed by atoms with E-state index in [1.807, 2.05) is 0 Å². The molecule has 0 atom stereocenters. The van der Waals surface area contributed by atoms with Crippen LogP contribution in [0, 0.1) is 10.1 Å². The smallest absolute Gasteiger partial charge is 0.276 e. The minimum absolute atomic E-state index is 0.116. The van der Waals surface area contributed by atoms with Crippen molar-refractivity contribution in [3.8, 4) is 5.75 Å². The van der Waals surface area contributed by atoms with Gasteiger partial charge >= 0.3 is 0 Å². The molecular weight excluding hydrogens is 378 g/mol. The van der Waals surface area contributed by atoms with Crippen molar-refractivity contribution in [2.45, 2.75) is 83.8 Å². The second kappa shape index (κ2) is 11.4. The number of sulfone groups is 1. The molecular formula is C21H35NO5S. The van der Waals surface area contributed by atoms with Crippen molar-refractivity contribution in [3.05, 3.63) is 33.9 Å². The molecule has 0 saturated heterocycles. The molecule has 0 fully saturated rings. The molecule has 1 aromatic rings. The van der Waals surface area contributed by atoms with Gasteiger partial charge in [0.2, 0.25) is 0 Å². The highest BCUT2D eigenvalue weighted by molar-refractivity contribution is 7.92. The number of nitrogens with zero attached hydrogens (tertiary/aromatic N) is 1. The normalized spacial score (nSPS) is 12.1. The van der Waals surface area contributed by atoms with Crippen molar-refractivity contribution >= 4 is 15.5 Å². The molecule has 0 amide bonds. The van der Waals surface area contributed by atoms with Gasteiger partial charge in [0, 0.05) is 5.56 Å². The van der Waals surface area contributed by atoms with Crippen molar-refractivity contribution in [1.82, 2.24) is 0 Å². The number of nitro benzene ring substituents is 1. The number of ether oxygens (including phenoxy) is 1. The second-order valence-electron chi connectivity index (χ2n) is 8.20. The monoisotopic (exact) mass is 413 g/mol. The summed E-state index contributed by atoms with van der Waals surface area (Å²) in [6.45, 7) is 7.83. The van der Waals surface area contributed by atoms with E-state index >= 15 is 0 Å². The average molecular weight is 414 g/mol. The SMILES string of the molecule is CCCCOc1ccc(CCCCCCCS(=O)(=O)C(C)(C)C)c([N+](=O)[O-])c1. The highest BCUT2D eigenvalue weighted by Crippen LogP contribution is 2.26. The number of benzene rings is 1. The topological polar surface area (TPSA) is 86.5 Å². The van der Waals surface area contributed by atoms with Crippen LogP contribution >= 0.6 is 0 Å². The van der Waals surface area contributed by atoms with E-state index in [2.05, 4.69) is 6.92 Å². The van der Waals surface area contributed by atoms with Gasteiger partial charge in [0.05, 0.1) is 28.1 Å². The summed E-state index contributed by atoms with van der Waals surface area (Å²) in [6.07, 6.45) is 6.84. The predicted molar refractivity (Wildman–Crippen MR) is 114 cm³/mol. The fourth-order valence-electron chi connectivity index (χ4n) is 2.79. The van der Waals surface area contributed by atoms with Gasteiger partial charge in [-0.05, 0) is 58.6 Å². The van der Waals surface area contributed by atoms with E-state index in [4.69, 9.17) is 4.74 Å². The number of rotatable bonds is 13. The summed E-state index contributed by atoms with van der Waals surface area (Å²) < 4.78 is 29.0. The van der Waals surface area contributed by atoms with E-state index in [0.29, 0.717) is 25.2 Å². The van der Waals surface area contributed by atoms with Gasteiger partial charge in [0.1, 0.15) is 5.75 Å². The van der Waals surface area contributed by atoms with Crippen LogP contribution in [0.3, 0.4) is 0 Å². The van der Waals surface area contributed by atoms with Gasteiger partial charge in [-0.25, -0.2) is 8.42 Å². The minimum Gasteiger partial charge on any atom is -0.493 e. The van der Waals surface area contributed by atoms with Crippen LogP contribution in [0.25, 0.3) is 0 Å². The average Bonchev–Trinajstić information content (AvgIpc) is 2.60. The molecule has 28 heavy (non-hydrogen) atoms. The molecule has 0 bridgehead atoms. The third-order valence-electron chi connectivity index (χ3n) is 4.81. The molecule has 0 unspecified atom stereocenters. The first-order valence-corrected chi connectivity index (χ1v) is 11.9. The number of hydrogen-bond acceptors (Lipinski definition) is 5. The summed E-state index contributed by atoms with van der Waals surface area (Å²) in [6, 6.07) is 5.10. The number of aryl methyl sites for hydroxylation is 1. The van der Waals surface area contributed by atoms with E-state index in [1.165, 1.54) is 6.07 Å². The van der Waals surface area contributed by atoms with Gasteiger partial charge in [-0.15, -0.1) is 0 Å². The summed E-state index contributed by atoms with van der Waals surface area (Å²) in [4.78, 5) is 11.0. The number of hydrogen-bond donors (Lipinski definition) is 0. The van der Waals surface area contributed by atoms with Gasteiger partial charge in [0.15, 0.2) is 9.84 Å². The summed E-state index contributed by atoms with van der Waals surface area (Å²) in [5.41, 5.74) is 0.841. The van der Waals surface area contributed by atoms with E-state index < -0.39 is 14.6 Å². The second-order valence-corrected chi connectivity index (χ2v) is 11.1. The molecule has 6 nitrogen and oxygen atoms in total. The summed E-state index contributed by atoms with van der Waals surface area (Å²) in [7, 11) is -3.05. The third-order valence-corrected chi connectivity index (χ3v) is 7.50. The lowest BCUT2D eigenvalue weighted by Crippen LogP contribution is -2.30. The van der Waals surface area contributed by atoms with E-state index in [0.717, 1.165) is 44.1 Å². The zero-order valence-electron chi connectivity index (χ0n) is 17.7. The van der Waals surface area contributed by atoms with Crippen LogP contribution in [0.1, 0.15) is 78.2 Å². The van der Waals surface area contributed by atoms with E-state index in [1.54, 1.807) is 32.9 Å². The third kappa shape index (κ3) is 8.17. The molecule has 0 aromatic heterocycles. The molecule has 160 valence electrons. The molecule has 0 spiro atoms. The van der Waals surface area contributed by atoms with Crippen LogP contribution in [0.5, 0.6) is 5.75 Å². The Hall–Kier alpha value is -1.63. The van der Waals surface area contributed by atoms with Crippen LogP contribution in [0.4, 0.5) is 5.69 Å². The lowest BCUT2D eigenvalue weighted by molar-refractivity contribution is -0.385. The van der Waals surface area contributed by atoms with Gasteiger partial charge in [-0.3, -0.25) is 10.1 Å². The molecule has 0 N–H and O–H groups in total. The van der Waals surface area contributed by atoms with Crippen LogP contribution in [0.2, 0.25) is 0 Å². The quantitative estimate of drug-likeness (QED) is 0.243. The zero-order valence-corrected chi connectivity index (χ0v) is 18.5. The Morgan fingerprint density at radius 2 is 1.68 bits per heavy atom. The minimum atomic E-state index is -3.05. The fourth-order valence-corrected chi connectivity index (χ4v) is 3.99. The Bertz CT molecular complexity index is 723. The Labute approximate surface area is 169 Å². The lowest BCUT2D eigenvalue weighted by Gasteiger charge is -2.18. The molecule has 0 aliphatic carbocycles. The first-order valence-electron chi connectivity index (χ1n) is 10.2. The predicted octanol–water partition coefficient (Wildman–Crippen LogP) is 5.48. The number of nitro groups is 1. The van der Waals surface area contributed by atoms with Crippen molar-refractivity contribution in [3.63, 3.8) is 0 Å². The summed E-state index contributed by atoms with van der Waals surface area (Å²) in [5, 5.41) is 11.3. The highest BCUT2D eigenvalue weighted by Gasteiger charge is 2.27. The van der Waals surface area contributed by atoms with Crippen LogP contribution in [-0.2, 0) is 16.3 Å². The van der Waals surface area contributed by atoms with Crippen molar-refractivity contribution in [2.75, 3.05) is 12.4 Å². The fraction of sp³-hybridized carbons (Fsp3) is 0.714. The highest BCUT2D eigenvalue weighted by atomic mass is 32.2. The standard InChI is InChI=1S/C21H35NO5S/c1-5-6-15-27-19-14-13-18(20(17-19)22(23)24)12-10-8-7-9-11-16-28(25,26)21(2,3)4/h13-14,17H,5-12,15-16H2,1-4H3. The first kappa shape index (κ1) is 24.4. The molecule has 1 rings (SSSR count). The largest absolute Gasteiger partial charge is 0.493 e. The summed E-state index contributed by atoms with van der Waals surface area (Å²) >= 11 is 0. The molecule has 0 aliphatic heterocycles. The van der Waals surface area contributed by atoms with Crippen molar-refractivity contribution in [2.24, 2.45) is 0 Å². The van der Waals surface area contributed by atoms with Crippen molar-refractivity contribution in [1.29, 1.82) is 0 Å². The molecule has 1 aromatic carbocycles. The maximum Gasteiger partial charge on any atom is 0.276 e. The lowest BCUT2D eigenvalue weighted by atomic mass is 10.0. The van der Waals surface area contributed by atoms with Gasteiger partial charge < -0.3 is 4.74 Å². The van der Waals surface area contributed by atoms with Gasteiger partial charge in [-0.1, -0.05) is 32.6 Å². The Balaban J connectivity index is 2.41. The molecule has 0 saturated carbocycles. The number of unbranched alkanes of at least 4 members (excludes halogenated alkanes) is 5. The van der Waals surface area contributed by atoms with Gasteiger partial charge in [0.25, 0.3) is 5.69 Å². The van der Waals surface area contributed by atoms with Crippen molar-refractivity contribution < 1.29 is 18.1 Å². The molecule has 0 radical (unpaired) electrons. The van der Waals surface area contributed by atoms with Crippen LogP contribution < -0.4 is 4.74 Å². The Kier molecular flexibility index (Phi) is 9.93. The molecule has 0 aliphatic rings. The van der Waals surface area contributed by atoms with Gasteiger partial charge in [-0.2, -0.15) is 0 Å². The summed E-state index contributed by atoms with van der Waals surface area (Å²) in [5.74, 6) is 0.769. The van der Waals surface area contributed by atoms with E-state index in [9.17, 15) is 18.5 Å². The maximum atomic E-state index is 12.1.